The molecule has 0 aromatic carbocycles. The van der Waals surface area contributed by atoms with Gasteiger partial charge in [-0.05, 0) is 13.3 Å². The Morgan fingerprint density at radius 2 is 2.00 bits per heavy atom. The third-order valence-electron chi connectivity index (χ3n) is 2.02. The number of hydrogen-bond donors (Lipinski definition) is 0. The van der Waals surface area contributed by atoms with E-state index in [1.807, 2.05) is 20.8 Å². The number of hydrogen-bond acceptors (Lipinski definition) is 3. The molecule has 1 heterocycles. The quantitative estimate of drug-likeness (QED) is 0.704. The van der Waals surface area contributed by atoms with E-state index in [1.165, 1.54) is 0 Å². The van der Waals surface area contributed by atoms with Gasteiger partial charge in [0.05, 0.1) is 12.7 Å². The minimum atomic E-state index is 0.142. The molecule has 86 valence electrons. The number of rotatable bonds is 4. The van der Waals surface area contributed by atoms with Gasteiger partial charge < -0.3 is 14.2 Å². The van der Waals surface area contributed by atoms with E-state index in [0.29, 0.717) is 13.4 Å². The molecule has 0 amide bonds. The van der Waals surface area contributed by atoms with Crippen molar-refractivity contribution in [2.75, 3.05) is 20.0 Å². The molecule has 2 atom stereocenters. The molecule has 0 bridgehead atoms. The molecule has 0 radical (unpaired) electrons. The maximum absolute atomic E-state index is 5.50. The standard InChI is InChI=1S/C9H18O3.C2H6/c1-3-5-8-9(11-4-2)6-10-7-12-8;1-2/h8-9H,3-7H2,1-2H3;1-2H3. The normalized spacial score (nSPS) is 26.6. The summed E-state index contributed by atoms with van der Waals surface area (Å²) in [5, 5.41) is 0. The van der Waals surface area contributed by atoms with Gasteiger partial charge in [-0.1, -0.05) is 27.2 Å². The van der Waals surface area contributed by atoms with Gasteiger partial charge in [0, 0.05) is 6.61 Å². The fourth-order valence-corrected chi connectivity index (χ4v) is 1.44. The van der Waals surface area contributed by atoms with Crippen LogP contribution < -0.4 is 0 Å². The highest BCUT2D eigenvalue weighted by atomic mass is 16.7. The van der Waals surface area contributed by atoms with Crippen molar-refractivity contribution < 1.29 is 14.2 Å². The Morgan fingerprint density at radius 3 is 2.57 bits per heavy atom. The molecule has 0 saturated carbocycles. The maximum atomic E-state index is 5.50. The monoisotopic (exact) mass is 204 g/mol. The second kappa shape index (κ2) is 9.44. The van der Waals surface area contributed by atoms with Gasteiger partial charge >= 0.3 is 0 Å². The molecule has 0 aromatic heterocycles. The second-order valence-electron chi connectivity index (χ2n) is 2.98. The molecular formula is C11H24O3. The highest BCUT2D eigenvalue weighted by Crippen LogP contribution is 2.15. The van der Waals surface area contributed by atoms with Gasteiger partial charge in [0.25, 0.3) is 0 Å². The van der Waals surface area contributed by atoms with Crippen molar-refractivity contribution in [1.82, 2.24) is 0 Å². The van der Waals surface area contributed by atoms with Crippen molar-refractivity contribution in [1.29, 1.82) is 0 Å². The molecule has 14 heavy (non-hydrogen) atoms. The first kappa shape index (κ1) is 13.9. The van der Waals surface area contributed by atoms with Crippen molar-refractivity contribution >= 4 is 0 Å². The summed E-state index contributed by atoms with van der Waals surface area (Å²) in [7, 11) is 0. The van der Waals surface area contributed by atoms with Crippen LogP contribution in [0.2, 0.25) is 0 Å². The Labute approximate surface area is 87.7 Å². The minimum Gasteiger partial charge on any atom is -0.373 e. The van der Waals surface area contributed by atoms with Gasteiger partial charge in [0.1, 0.15) is 12.9 Å². The van der Waals surface area contributed by atoms with E-state index in [9.17, 15) is 0 Å². The summed E-state index contributed by atoms with van der Waals surface area (Å²) in [5.41, 5.74) is 0. The SMILES string of the molecule is CC.CCCC1OCOCC1OCC. The zero-order chi connectivity index (χ0) is 10.8. The van der Waals surface area contributed by atoms with E-state index >= 15 is 0 Å². The first-order chi connectivity index (χ1) is 6.88. The topological polar surface area (TPSA) is 27.7 Å². The van der Waals surface area contributed by atoms with Crippen LogP contribution in [0.3, 0.4) is 0 Å². The van der Waals surface area contributed by atoms with E-state index in [2.05, 4.69) is 6.92 Å². The molecule has 3 heteroatoms. The third kappa shape index (κ3) is 4.94. The minimum absolute atomic E-state index is 0.142. The lowest BCUT2D eigenvalue weighted by Gasteiger charge is -2.31. The smallest absolute Gasteiger partial charge is 0.147 e. The van der Waals surface area contributed by atoms with Crippen LogP contribution in [0.1, 0.15) is 40.5 Å². The molecular weight excluding hydrogens is 180 g/mol. The number of ether oxygens (including phenoxy) is 3. The summed E-state index contributed by atoms with van der Waals surface area (Å²) in [6, 6.07) is 0. The lowest BCUT2D eigenvalue weighted by Crippen LogP contribution is -2.40. The Bertz CT molecular complexity index is 99.1. The maximum Gasteiger partial charge on any atom is 0.147 e. The van der Waals surface area contributed by atoms with E-state index in [-0.39, 0.29) is 12.2 Å². The molecule has 1 aliphatic heterocycles. The van der Waals surface area contributed by atoms with Gasteiger partial charge in [0.15, 0.2) is 0 Å². The largest absolute Gasteiger partial charge is 0.373 e. The van der Waals surface area contributed by atoms with E-state index in [4.69, 9.17) is 14.2 Å². The first-order valence-corrected chi connectivity index (χ1v) is 5.69. The molecule has 2 unspecified atom stereocenters. The summed E-state index contributed by atoms with van der Waals surface area (Å²) in [4.78, 5) is 0. The fraction of sp³-hybridized carbons (Fsp3) is 1.00. The van der Waals surface area contributed by atoms with Crippen LogP contribution in [0.15, 0.2) is 0 Å². The second-order valence-corrected chi connectivity index (χ2v) is 2.98. The van der Waals surface area contributed by atoms with Crippen LogP contribution in [0.5, 0.6) is 0 Å². The predicted molar refractivity (Wildman–Crippen MR) is 57.4 cm³/mol. The molecule has 1 fully saturated rings. The van der Waals surface area contributed by atoms with E-state index in [0.717, 1.165) is 19.4 Å². The lowest BCUT2D eigenvalue weighted by atomic mass is 10.1. The van der Waals surface area contributed by atoms with Gasteiger partial charge in [-0.3, -0.25) is 0 Å². The molecule has 0 N–H and O–H groups in total. The van der Waals surface area contributed by atoms with Crippen molar-refractivity contribution in [3.63, 3.8) is 0 Å². The van der Waals surface area contributed by atoms with Crippen LogP contribution in [-0.4, -0.2) is 32.2 Å². The summed E-state index contributed by atoms with van der Waals surface area (Å²) in [6.45, 7) is 9.99. The molecule has 0 spiro atoms. The first-order valence-electron chi connectivity index (χ1n) is 5.69. The lowest BCUT2D eigenvalue weighted by molar-refractivity contribution is -0.208. The fourth-order valence-electron chi connectivity index (χ4n) is 1.44. The third-order valence-corrected chi connectivity index (χ3v) is 2.02. The van der Waals surface area contributed by atoms with Crippen LogP contribution in [-0.2, 0) is 14.2 Å². The van der Waals surface area contributed by atoms with Gasteiger partial charge in [-0.2, -0.15) is 0 Å². The van der Waals surface area contributed by atoms with Crippen molar-refractivity contribution in [3.8, 4) is 0 Å². The van der Waals surface area contributed by atoms with Gasteiger partial charge in [-0.25, -0.2) is 0 Å². The molecule has 1 aliphatic rings. The molecule has 1 rings (SSSR count). The Hall–Kier alpha value is -0.120. The van der Waals surface area contributed by atoms with Crippen LogP contribution >= 0.6 is 0 Å². The Kier molecular flexibility index (Phi) is 9.35. The summed E-state index contributed by atoms with van der Waals surface area (Å²) >= 11 is 0. The Morgan fingerprint density at radius 1 is 1.29 bits per heavy atom. The van der Waals surface area contributed by atoms with Crippen LogP contribution in [0, 0.1) is 0 Å². The zero-order valence-electron chi connectivity index (χ0n) is 9.91. The van der Waals surface area contributed by atoms with Gasteiger partial charge in [-0.15, -0.1) is 0 Å². The average Bonchev–Trinajstić information content (AvgIpc) is 2.25. The molecule has 0 aliphatic carbocycles. The van der Waals surface area contributed by atoms with Crippen molar-refractivity contribution in [2.45, 2.75) is 52.7 Å². The summed E-state index contributed by atoms with van der Waals surface area (Å²) in [6.07, 6.45) is 2.58. The molecule has 0 aromatic rings. The Balaban J connectivity index is 0.000000791. The summed E-state index contributed by atoms with van der Waals surface area (Å²) < 4.78 is 16.1. The van der Waals surface area contributed by atoms with Crippen LogP contribution in [0.4, 0.5) is 0 Å². The van der Waals surface area contributed by atoms with Gasteiger partial charge in [0.2, 0.25) is 0 Å². The average molecular weight is 204 g/mol. The van der Waals surface area contributed by atoms with Crippen molar-refractivity contribution in [3.05, 3.63) is 0 Å². The van der Waals surface area contributed by atoms with E-state index < -0.39 is 0 Å². The zero-order valence-corrected chi connectivity index (χ0v) is 9.91. The van der Waals surface area contributed by atoms with Crippen LogP contribution in [0.25, 0.3) is 0 Å². The summed E-state index contributed by atoms with van der Waals surface area (Å²) in [5.74, 6) is 0. The highest BCUT2D eigenvalue weighted by Gasteiger charge is 2.25. The highest BCUT2D eigenvalue weighted by molar-refractivity contribution is 4.72. The van der Waals surface area contributed by atoms with E-state index in [1.54, 1.807) is 0 Å². The molecule has 1 saturated heterocycles. The predicted octanol–water partition coefficient (Wildman–Crippen LogP) is 2.59. The molecule has 3 nitrogen and oxygen atoms in total. The van der Waals surface area contributed by atoms with Crippen molar-refractivity contribution in [2.24, 2.45) is 0 Å².